The second kappa shape index (κ2) is 8.13. The van der Waals surface area contributed by atoms with E-state index in [0.29, 0.717) is 19.5 Å². The maximum atomic E-state index is 12.1. The van der Waals surface area contributed by atoms with Crippen molar-refractivity contribution in [1.29, 1.82) is 0 Å². The number of carbonyl (C=O) groups is 1. The lowest BCUT2D eigenvalue weighted by atomic mass is 10.0. The standard InChI is InChI=1S/C19H24N2O3/c22-18(15-6-2-1-3-7-15)12-16-8-4-10-21(16)14-19(23)20-13-17-9-5-11-24-17/h1-3,5-7,9,11,16,18,22H,4,8,10,12-14H2,(H,20,23)/t16-,18-/m1/s1. The van der Waals surface area contributed by atoms with Crippen LogP contribution in [0.4, 0.5) is 0 Å². The Hall–Kier alpha value is -2.11. The van der Waals surface area contributed by atoms with Crippen LogP contribution >= 0.6 is 0 Å². The molecular formula is C19H24N2O3. The SMILES string of the molecule is O=C(CN1CCC[C@@H]1C[C@@H](O)c1ccccc1)NCc1ccco1. The van der Waals surface area contributed by atoms with Gasteiger partial charge in [0.1, 0.15) is 5.76 Å². The molecule has 1 aliphatic heterocycles. The minimum atomic E-state index is -0.483. The fraction of sp³-hybridized carbons (Fsp3) is 0.421. The van der Waals surface area contributed by atoms with Crippen LogP contribution in [-0.4, -0.2) is 35.0 Å². The zero-order valence-electron chi connectivity index (χ0n) is 13.7. The topological polar surface area (TPSA) is 65.7 Å². The van der Waals surface area contributed by atoms with E-state index >= 15 is 0 Å². The Bertz CT molecular complexity index is 627. The second-order valence-corrected chi connectivity index (χ2v) is 6.28. The number of rotatable bonds is 7. The average Bonchev–Trinajstić information content (AvgIpc) is 3.26. The van der Waals surface area contributed by atoms with Gasteiger partial charge in [-0.05, 0) is 43.5 Å². The highest BCUT2D eigenvalue weighted by Crippen LogP contribution is 2.27. The van der Waals surface area contributed by atoms with Gasteiger partial charge in [0.25, 0.3) is 0 Å². The van der Waals surface area contributed by atoms with Gasteiger partial charge < -0.3 is 14.8 Å². The van der Waals surface area contributed by atoms with E-state index in [1.165, 1.54) is 0 Å². The molecule has 0 spiro atoms. The van der Waals surface area contributed by atoms with Gasteiger partial charge >= 0.3 is 0 Å². The van der Waals surface area contributed by atoms with Gasteiger partial charge in [-0.1, -0.05) is 30.3 Å². The zero-order chi connectivity index (χ0) is 16.8. The molecule has 5 heteroatoms. The van der Waals surface area contributed by atoms with E-state index in [-0.39, 0.29) is 11.9 Å². The number of aliphatic hydroxyl groups is 1. The summed E-state index contributed by atoms with van der Waals surface area (Å²) in [7, 11) is 0. The van der Waals surface area contributed by atoms with E-state index < -0.39 is 6.10 Å². The van der Waals surface area contributed by atoms with Crippen LogP contribution < -0.4 is 5.32 Å². The van der Waals surface area contributed by atoms with E-state index in [0.717, 1.165) is 30.7 Å². The zero-order valence-corrected chi connectivity index (χ0v) is 13.7. The molecule has 2 atom stereocenters. The Balaban J connectivity index is 1.48. The summed E-state index contributed by atoms with van der Waals surface area (Å²) >= 11 is 0. The fourth-order valence-electron chi connectivity index (χ4n) is 3.28. The third-order valence-electron chi connectivity index (χ3n) is 4.57. The molecule has 3 rings (SSSR count). The Labute approximate surface area is 142 Å². The number of nitrogens with one attached hydrogen (secondary N) is 1. The van der Waals surface area contributed by atoms with E-state index in [9.17, 15) is 9.90 Å². The molecule has 5 nitrogen and oxygen atoms in total. The van der Waals surface area contributed by atoms with Crippen LogP contribution in [0.25, 0.3) is 0 Å². The number of nitrogens with zero attached hydrogens (tertiary/aromatic N) is 1. The lowest BCUT2D eigenvalue weighted by Gasteiger charge is -2.26. The molecule has 2 aromatic rings. The Morgan fingerprint density at radius 3 is 2.88 bits per heavy atom. The predicted molar refractivity (Wildman–Crippen MR) is 91.2 cm³/mol. The van der Waals surface area contributed by atoms with Crippen molar-refractivity contribution in [3.05, 3.63) is 60.1 Å². The monoisotopic (exact) mass is 328 g/mol. The molecule has 1 aliphatic rings. The normalized spacial score (nSPS) is 19.3. The van der Waals surface area contributed by atoms with Gasteiger partial charge in [0, 0.05) is 6.04 Å². The lowest BCUT2D eigenvalue weighted by Crippen LogP contribution is -2.40. The number of aliphatic hydroxyl groups excluding tert-OH is 1. The van der Waals surface area contributed by atoms with Crippen LogP contribution in [0.5, 0.6) is 0 Å². The number of benzene rings is 1. The first-order valence-electron chi connectivity index (χ1n) is 8.48. The number of likely N-dealkylation sites (tertiary alicyclic amines) is 1. The van der Waals surface area contributed by atoms with Crippen molar-refractivity contribution in [3.8, 4) is 0 Å². The quantitative estimate of drug-likeness (QED) is 0.819. The van der Waals surface area contributed by atoms with Crippen molar-refractivity contribution in [3.63, 3.8) is 0 Å². The summed E-state index contributed by atoms with van der Waals surface area (Å²) in [6.07, 6.45) is 3.87. The molecule has 2 heterocycles. The van der Waals surface area contributed by atoms with Gasteiger partial charge in [-0.25, -0.2) is 0 Å². The largest absolute Gasteiger partial charge is 0.467 e. The fourth-order valence-corrected chi connectivity index (χ4v) is 3.28. The van der Waals surface area contributed by atoms with Crippen molar-refractivity contribution < 1.29 is 14.3 Å². The van der Waals surface area contributed by atoms with Crippen LogP contribution in [0.2, 0.25) is 0 Å². The van der Waals surface area contributed by atoms with Crippen molar-refractivity contribution >= 4 is 5.91 Å². The van der Waals surface area contributed by atoms with Crippen LogP contribution in [0, 0.1) is 0 Å². The molecule has 1 fully saturated rings. The van der Waals surface area contributed by atoms with Gasteiger partial charge in [0.05, 0.1) is 25.5 Å². The van der Waals surface area contributed by atoms with Crippen LogP contribution in [0.1, 0.15) is 36.7 Å². The van der Waals surface area contributed by atoms with Crippen molar-refractivity contribution in [2.24, 2.45) is 0 Å². The molecule has 128 valence electrons. The van der Waals surface area contributed by atoms with Crippen LogP contribution in [0.15, 0.2) is 53.1 Å². The van der Waals surface area contributed by atoms with Crippen LogP contribution in [-0.2, 0) is 11.3 Å². The van der Waals surface area contributed by atoms with Gasteiger partial charge in [0.15, 0.2) is 0 Å². The highest BCUT2D eigenvalue weighted by molar-refractivity contribution is 5.78. The first kappa shape index (κ1) is 16.7. The molecule has 24 heavy (non-hydrogen) atoms. The second-order valence-electron chi connectivity index (χ2n) is 6.28. The van der Waals surface area contributed by atoms with Gasteiger partial charge in [-0.15, -0.1) is 0 Å². The molecule has 0 radical (unpaired) electrons. The summed E-state index contributed by atoms with van der Waals surface area (Å²) < 4.78 is 5.22. The Kier molecular flexibility index (Phi) is 5.67. The summed E-state index contributed by atoms with van der Waals surface area (Å²) in [5.74, 6) is 0.744. The first-order valence-corrected chi connectivity index (χ1v) is 8.48. The molecule has 1 aromatic heterocycles. The van der Waals surface area contributed by atoms with E-state index in [2.05, 4.69) is 10.2 Å². The first-order chi connectivity index (χ1) is 11.7. The van der Waals surface area contributed by atoms with Gasteiger partial charge in [0.2, 0.25) is 5.91 Å². The van der Waals surface area contributed by atoms with E-state index in [1.807, 2.05) is 42.5 Å². The van der Waals surface area contributed by atoms with Crippen molar-refractivity contribution in [2.75, 3.05) is 13.1 Å². The van der Waals surface area contributed by atoms with Crippen LogP contribution in [0.3, 0.4) is 0 Å². The number of furan rings is 1. The smallest absolute Gasteiger partial charge is 0.234 e. The average molecular weight is 328 g/mol. The third kappa shape index (κ3) is 4.46. The molecule has 0 aliphatic carbocycles. The summed E-state index contributed by atoms with van der Waals surface area (Å²) in [4.78, 5) is 14.3. The summed E-state index contributed by atoms with van der Waals surface area (Å²) in [5.41, 5.74) is 0.937. The molecule has 1 saturated heterocycles. The summed E-state index contributed by atoms with van der Waals surface area (Å²) in [5, 5.41) is 13.3. The minimum absolute atomic E-state index is 0.00694. The maximum Gasteiger partial charge on any atom is 0.234 e. The molecule has 0 unspecified atom stereocenters. The van der Waals surface area contributed by atoms with Gasteiger partial charge in [-0.3, -0.25) is 9.69 Å². The lowest BCUT2D eigenvalue weighted by molar-refractivity contribution is -0.122. The highest BCUT2D eigenvalue weighted by Gasteiger charge is 2.28. The maximum absolute atomic E-state index is 12.1. The Morgan fingerprint density at radius 2 is 2.12 bits per heavy atom. The number of carbonyl (C=O) groups excluding carboxylic acids is 1. The minimum Gasteiger partial charge on any atom is -0.467 e. The van der Waals surface area contributed by atoms with Gasteiger partial charge in [-0.2, -0.15) is 0 Å². The number of hydrogen-bond donors (Lipinski definition) is 2. The number of hydrogen-bond acceptors (Lipinski definition) is 4. The van der Waals surface area contributed by atoms with Crippen molar-refractivity contribution in [2.45, 2.75) is 38.0 Å². The summed E-state index contributed by atoms with van der Waals surface area (Å²) in [6.45, 7) is 1.68. The van der Waals surface area contributed by atoms with Crippen molar-refractivity contribution in [1.82, 2.24) is 10.2 Å². The summed E-state index contributed by atoms with van der Waals surface area (Å²) in [6, 6.07) is 13.6. The molecular weight excluding hydrogens is 304 g/mol. The third-order valence-corrected chi connectivity index (χ3v) is 4.57. The molecule has 1 aromatic carbocycles. The molecule has 2 N–H and O–H groups in total. The molecule has 1 amide bonds. The molecule has 0 bridgehead atoms. The van der Waals surface area contributed by atoms with E-state index in [4.69, 9.17) is 4.42 Å². The highest BCUT2D eigenvalue weighted by atomic mass is 16.3. The molecule has 0 saturated carbocycles. The Morgan fingerprint density at radius 1 is 1.29 bits per heavy atom. The van der Waals surface area contributed by atoms with E-state index in [1.54, 1.807) is 6.26 Å². The number of amides is 1. The predicted octanol–water partition coefficient (Wildman–Crippen LogP) is 2.48.